The van der Waals surface area contributed by atoms with E-state index in [-0.39, 0.29) is 0 Å². The third kappa shape index (κ3) is 2.82. The van der Waals surface area contributed by atoms with Gasteiger partial charge in [0.15, 0.2) is 0 Å². The van der Waals surface area contributed by atoms with Crippen LogP contribution in [0.4, 0.5) is 0 Å². The molecule has 1 aliphatic heterocycles. The van der Waals surface area contributed by atoms with Crippen molar-refractivity contribution in [1.29, 1.82) is 5.26 Å². The van der Waals surface area contributed by atoms with E-state index in [4.69, 9.17) is 5.26 Å². The molecular formula is C13H18N4. The first-order valence-electron chi connectivity index (χ1n) is 6.14. The Morgan fingerprint density at radius 3 is 3.18 bits per heavy atom. The molecule has 1 N–H and O–H groups in total. The van der Waals surface area contributed by atoms with Gasteiger partial charge in [-0.25, -0.2) is 4.98 Å². The number of pyridine rings is 1. The van der Waals surface area contributed by atoms with Crippen molar-refractivity contribution in [2.24, 2.45) is 0 Å². The van der Waals surface area contributed by atoms with E-state index < -0.39 is 0 Å². The van der Waals surface area contributed by atoms with E-state index in [2.05, 4.69) is 28.2 Å². The molecule has 1 aromatic heterocycles. The van der Waals surface area contributed by atoms with E-state index in [0.717, 1.165) is 31.7 Å². The fourth-order valence-electron chi connectivity index (χ4n) is 2.34. The van der Waals surface area contributed by atoms with Crippen molar-refractivity contribution in [1.82, 2.24) is 15.2 Å². The van der Waals surface area contributed by atoms with Gasteiger partial charge >= 0.3 is 0 Å². The second kappa shape index (κ2) is 5.76. The molecule has 4 heteroatoms. The van der Waals surface area contributed by atoms with Crippen LogP contribution < -0.4 is 5.32 Å². The number of nitrogens with one attached hydrogen (secondary N) is 1. The van der Waals surface area contributed by atoms with Crippen LogP contribution in [0.2, 0.25) is 0 Å². The Kier molecular flexibility index (Phi) is 4.08. The minimum Gasteiger partial charge on any atom is -0.315 e. The zero-order valence-electron chi connectivity index (χ0n) is 10.2. The minimum atomic E-state index is 0.553. The van der Waals surface area contributed by atoms with Gasteiger partial charge in [0.2, 0.25) is 0 Å². The minimum absolute atomic E-state index is 0.553. The topological polar surface area (TPSA) is 52.0 Å². The number of hydrogen-bond donors (Lipinski definition) is 1. The Balaban J connectivity index is 2.10. The lowest BCUT2D eigenvalue weighted by molar-refractivity contribution is 0.210. The quantitative estimate of drug-likeness (QED) is 0.842. The number of likely N-dealkylation sites (N-methyl/N-ethyl adjacent to an activating group) is 1. The molecule has 1 atom stereocenters. The highest BCUT2D eigenvalue weighted by atomic mass is 15.2. The molecule has 1 aliphatic rings. The van der Waals surface area contributed by atoms with Gasteiger partial charge in [0, 0.05) is 30.9 Å². The number of hydrogen-bond acceptors (Lipinski definition) is 4. The molecular weight excluding hydrogens is 212 g/mol. The van der Waals surface area contributed by atoms with E-state index in [1.807, 2.05) is 12.1 Å². The fraction of sp³-hybridized carbons (Fsp3) is 0.538. The van der Waals surface area contributed by atoms with Crippen LogP contribution in [-0.4, -0.2) is 35.6 Å². The van der Waals surface area contributed by atoms with Gasteiger partial charge < -0.3 is 5.32 Å². The van der Waals surface area contributed by atoms with Crippen molar-refractivity contribution < 1.29 is 0 Å². The van der Waals surface area contributed by atoms with Crippen molar-refractivity contribution in [3.63, 3.8) is 0 Å². The van der Waals surface area contributed by atoms with Gasteiger partial charge in [-0.05, 0) is 25.6 Å². The second-order valence-corrected chi connectivity index (χ2v) is 4.33. The summed E-state index contributed by atoms with van der Waals surface area (Å²) in [7, 11) is 0. The Morgan fingerprint density at radius 1 is 1.65 bits per heavy atom. The molecule has 90 valence electrons. The predicted molar refractivity (Wildman–Crippen MR) is 66.3 cm³/mol. The van der Waals surface area contributed by atoms with Gasteiger partial charge in [-0.1, -0.05) is 13.0 Å². The molecule has 2 heterocycles. The van der Waals surface area contributed by atoms with Gasteiger partial charge in [-0.2, -0.15) is 5.26 Å². The summed E-state index contributed by atoms with van der Waals surface area (Å²) >= 11 is 0. The van der Waals surface area contributed by atoms with Gasteiger partial charge in [-0.15, -0.1) is 0 Å². The third-order valence-electron chi connectivity index (χ3n) is 3.33. The molecule has 0 radical (unpaired) electrons. The summed E-state index contributed by atoms with van der Waals surface area (Å²) in [5, 5.41) is 12.4. The maximum atomic E-state index is 9.03. The highest BCUT2D eigenvalue weighted by molar-refractivity contribution is 5.30. The molecule has 0 amide bonds. The molecule has 1 aromatic rings. The Morgan fingerprint density at radius 2 is 2.53 bits per heavy atom. The van der Waals surface area contributed by atoms with E-state index in [9.17, 15) is 0 Å². The van der Waals surface area contributed by atoms with Crippen molar-refractivity contribution in [2.75, 3.05) is 19.6 Å². The number of nitrogens with zero attached hydrogens (tertiary/aromatic N) is 3. The highest BCUT2D eigenvalue weighted by Crippen LogP contribution is 2.14. The normalized spacial score (nSPS) is 19.5. The van der Waals surface area contributed by atoms with E-state index in [1.165, 1.54) is 6.42 Å². The summed E-state index contributed by atoms with van der Waals surface area (Å²) < 4.78 is 0. The average molecular weight is 230 g/mol. The summed E-state index contributed by atoms with van der Waals surface area (Å²) in [6.45, 7) is 6.14. The molecule has 0 saturated carbocycles. The van der Waals surface area contributed by atoms with Crippen LogP contribution in [-0.2, 0) is 6.54 Å². The van der Waals surface area contributed by atoms with Crippen LogP contribution in [0.15, 0.2) is 18.3 Å². The average Bonchev–Trinajstić information content (AvgIpc) is 2.90. The molecule has 0 bridgehead atoms. The smallest absolute Gasteiger partial charge is 0.144 e. The first-order valence-corrected chi connectivity index (χ1v) is 6.14. The molecule has 17 heavy (non-hydrogen) atoms. The lowest BCUT2D eigenvalue weighted by Gasteiger charge is -2.26. The molecule has 1 fully saturated rings. The molecule has 0 aromatic carbocycles. The Hall–Kier alpha value is -1.44. The largest absolute Gasteiger partial charge is 0.315 e. The second-order valence-electron chi connectivity index (χ2n) is 4.33. The van der Waals surface area contributed by atoms with E-state index >= 15 is 0 Å². The van der Waals surface area contributed by atoms with Crippen molar-refractivity contribution in [3.05, 3.63) is 29.6 Å². The molecule has 2 rings (SSSR count). The number of nitriles is 1. The Bertz CT molecular complexity index is 404. The number of aromatic nitrogens is 1. The lowest BCUT2D eigenvalue weighted by atomic mass is 10.1. The first-order chi connectivity index (χ1) is 8.35. The Labute approximate surface area is 102 Å². The summed E-state index contributed by atoms with van der Waals surface area (Å²) in [6.07, 6.45) is 2.87. The van der Waals surface area contributed by atoms with E-state index in [1.54, 1.807) is 6.20 Å². The van der Waals surface area contributed by atoms with Crippen LogP contribution in [0.3, 0.4) is 0 Å². The number of rotatable bonds is 4. The highest BCUT2D eigenvalue weighted by Gasteiger charge is 2.21. The third-order valence-corrected chi connectivity index (χ3v) is 3.33. The molecule has 1 saturated heterocycles. The maximum absolute atomic E-state index is 9.03. The van der Waals surface area contributed by atoms with Crippen molar-refractivity contribution in [2.45, 2.75) is 25.9 Å². The van der Waals surface area contributed by atoms with Crippen molar-refractivity contribution >= 4 is 0 Å². The van der Waals surface area contributed by atoms with Crippen LogP contribution in [0.1, 0.15) is 24.6 Å². The molecule has 1 unspecified atom stereocenters. The SMILES string of the molecule is CCN(Cc1cccnc1C#N)C1CCNC1. The van der Waals surface area contributed by atoms with Crippen LogP contribution in [0.25, 0.3) is 0 Å². The lowest BCUT2D eigenvalue weighted by Crippen LogP contribution is -2.36. The maximum Gasteiger partial charge on any atom is 0.144 e. The van der Waals surface area contributed by atoms with Gasteiger partial charge in [-0.3, -0.25) is 4.90 Å². The van der Waals surface area contributed by atoms with Crippen LogP contribution in [0, 0.1) is 11.3 Å². The predicted octanol–water partition coefficient (Wildman–Crippen LogP) is 1.14. The first kappa shape index (κ1) is 12.0. The van der Waals surface area contributed by atoms with Crippen LogP contribution >= 0.6 is 0 Å². The zero-order chi connectivity index (χ0) is 12.1. The van der Waals surface area contributed by atoms with E-state index in [0.29, 0.717) is 11.7 Å². The standard InChI is InChI=1S/C13H18N4/c1-2-17(12-5-7-15-9-12)10-11-4-3-6-16-13(11)8-14/h3-4,6,12,15H,2,5,7,9-10H2,1H3. The molecule has 0 aliphatic carbocycles. The van der Waals surface area contributed by atoms with Crippen LogP contribution in [0.5, 0.6) is 0 Å². The fourth-order valence-corrected chi connectivity index (χ4v) is 2.34. The summed E-state index contributed by atoms with van der Waals surface area (Å²) in [5.74, 6) is 0. The summed E-state index contributed by atoms with van der Waals surface area (Å²) in [5.41, 5.74) is 1.58. The molecule has 0 spiro atoms. The summed E-state index contributed by atoms with van der Waals surface area (Å²) in [6, 6.07) is 6.65. The van der Waals surface area contributed by atoms with Gasteiger partial charge in [0.1, 0.15) is 11.8 Å². The van der Waals surface area contributed by atoms with Gasteiger partial charge in [0.25, 0.3) is 0 Å². The molecule has 4 nitrogen and oxygen atoms in total. The van der Waals surface area contributed by atoms with Crippen molar-refractivity contribution in [3.8, 4) is 6.07 Å². The monoisotopic (exact) mass is 230 g/mol. The van der Waals surface area contributed by atoms with Gasteiger partial charge in [0.05, 0.1) is 0 Å². The summed E-state index contributed by atoms with van der Waals surface area (Å²) in [4.78, 5) is 6.52. The zero-order valence-corrected chi connectivity index (χ0v) is 10.2.